The second-order valence-corrected chi connectivity index (χ2v) is 11.1. The fourth-order valence-corrected chi connectivity index (χ4v) is 6.28. The Bertz CT molecular complexity index is 1260. The Morgan fingerprint density at radius 2 is 1.80 bits per heavy atom. The van der Waals surface area contributed by atoms with Crippen LogP contribution in [0.15, 0.2) is 23.3 Å². The lowest BCUT2D eigenvalue weighted by molar-refractivity contribution is -0.118. The number of hydrogen-bond donors (Lipinski definition) is 1. The molecular weight excluding hydrogens is 506 g/mol. The maximum Gasteiger partial charge on any atom is 0.254 e. The summed E-state index contributed by atoms with van der Waals surface area (Å²) < 4.78 is 7.52. The Balaban J connectivity index is 0.00000158. The van der Waals surface area contributed by atoms with Gasteiger partial charge in [-0.15, -0.1) is 0 Å². The number of rotatable bonds is 4. The summed E-state index contributed by atoms with van der Waals surface area (Å²) in [5.74, 6) is -0.230. The maximum absolute atomic E-state index is 13.8. The van der Waals surface area contributed by atoms with Crippen molar-refractivity contribution in [2.75, 3.05) is 44.7 Å². The van der Waals surface area contributed by atoms with Crippen LogP contribution in [-0.2, 0) is 23.1 Å². The molecule has 2 saturated heterocycles. The predicted octanol–water partition coefficient (Wildman–Crippen LogP) is 3.50. The number of aromatic nitrogens is 2. The quantitative estimate of drug-likeness (QED) is 0.627. The molecule has 0 aliphatic carbocycles. The third-order valence-electron chi connectivity index (χ3n) is 8.47. The molecule has 2 bridgehead atoms. The second-order valence-electron chi connectivity index (χ2n) is 11.1. The van der Waals surface area contributed by atoms with Gasteiger partial charge in [-0.25, -0.2) is 0 Å². The van der Waals surface area contributed by atoms with E-state index < -0.39 is 0 Å². The molecule has 10 heteroatoms. The minimum absolute atomic E-state index is 0.0256. The number of benzene rings is 1. The summed E-state index contributed by atoms with van der Waals surface area (Å²) in [5.41, 5.74) is 5.61. The standard InChI is InChI=1S/C28H37N7O3.C2H6/c1-18-12-25-24(26-14-20(27(36)30-25)16-29-35(26)21-4-10-38-11-5-21)15-23(18)28(37)34-8-6-33(7-9-34)17-22-13-19(2)31-32(22)3;1-2/h12-13,15-16,20-21,26H,4-11,14,17H2,1-3H3,(H,30,36);1-2H3. The highest BCUT2D eigenvalue weighted by molar-refractivity contribution is 6.04. The third kappa shape index (κ3) is 5.65. The zero-order chi connectivity index (χ0) is 28.4. The highest BCUT2D eigenvalue weighted by atomic mass is 16.5. The van der Waals surface area contributed by atoms with Crippen LogP contribution >= 0.6 is 0 Å². The molecule has 0 spiro atoms. The summed E-state index contributed by atoms with van der Waals surface area (Å²) in [6, 6.07) is 6.35. The molecular formula is C30H43N7O3. The predicted molar refractivity (Wildman–Crippen MR) is 155 cm³/mol. The number of nitrogens with one attached hydrogen (secondary N) is 1. The van der Waals surface area contributed by atoms with E-state index in [9.17, 15) is 9.59 Å². The Morgan fingerprint density at radius 1 is 1.07 bits per heavy atom. The van der Waals surface area contributed by atoms with E-state index in [1.165, 1.54) is 5.69 Å². The van der Waals surface area contributed by atoms with E-state index >= 15 is 0 Å². The molecule has 1 aromatic carbocycles. The van der Waals surface area contributed by atoms with Crippen molar-refractivity contribution in [3.63, 3.8) is 0 Å². The first-order chi connectivity index (χ1) is 19.4. The first-order valence-electron chi connectivity index (χ1n) is 14.7. The summed E-state index contributed by atoms with van der Waals surface area (Å²) in [6.07, 6.45) is 4.28. The zero-order valence-electron chi connectivity index (χ0n) is 24.5. The first kappa shape index (κ1) is 28.3. The van der Waals surface area contributed by atoms with E-state index in [1.807, 2.05) is 56.5 Å². The number of hydrogen-bond acceptors (Lipinski definition) is 7. The lowest BCUT2D eigenvalue weighted by atomic mass is 9.90. The van der Waals surface area contributed by atoms with E-state index in [4.69, 9.17) is 9.84 Å². The van der Waals surface area contributed by atoms with Crippen molar-refractivity contribution < 1.29 is 14.3 Å². The van der Waals surface area contributed by atoms with Crippen molar-refractivity contribution in [2.24, 2.45) is 18.1 Å². The van der Waals surface area contributed by atoms with Gasteiger partial charge in [0.1, 0.15) is 0 Å². The van der Waals surface area contributed by atoms with Crippen LogP contribution in [0.1, 0.15) is 72.0 Å². The zero-order valence-corrected chi connectivity index (χ0v) is 24.5. The third-order valence-corrected chi connectivity index (χ3v) is 8.47. The van der Waals surface area contributed by atoms with Crippen LogP contribution in [0.25, 0.3) is 0 Å². The van der Waals surface area contributed by atoms with Crippen molar-refractivity contribution in [1.29, 1.82) is 0 Å². The second kappa shape index (κ2) is 12.1. The van der Waals surface area contributed by atoms with Gasteiger partial charge in [0, 0.05) is 76.0 Å². The average molecular weight is 550 g/mol. The Morgan fingerprint density at radius 3 is 2.48 bits per heavy atom. The number of carbonyl (C=O) groups excluding carboxylic acids is 2. The Kier molecular flexibility index (Phi) is 8.56. The summed E-state index contributed by atoms with van der Waals surface area (Å²) in [5, 5.41) is 14.5. The minimum Gasteiger partial charge on any atom is -0.381 e. The monoisotopic (exact) mass is 549 g/mol. The highest BCUT2D eigenvalue weighted by Crippen LogP contribution is 2.42. The summed E-state index contributed by atoms with van der Waals surface area (Å²) >= 11 is 0. The van der Waals surface area contributed by atoms with Gasteiger partial charge in [-0.2, -0.15) is 10.2 Å². The van der Waals surface area contributed by atoms with E-state index in [2.05, 4.69) is 26.4 Å². The molecule has 2 fully saturated rings. The van der Waals surface area contributed by atoms with Gasteiger partial charge < -0.3 is 15.0 Å². The fraction of sp³-hybridized carbons (Fsp3) is 0.600. The number of anilines is 1. The van der Waals surface area contributed by atoms with Crippen LogP contribution in [0.4, 0.5) is 5.69 Å². The van der Waals surface area contributed by atoms with Gasteiger partial charge in [0.2, 0.25) is 5.91 Å². The van der Waals surface area contributed by atoms with Gasteiger partial charge >= 0.3 is 0 Å². The number of piperazine rings is 1. The van der Waals surface area contributed by atoms with Crippen LogP contribution in [0, 0.1) is 19.8 Å². The molecule has 2 amide bonds. The van der Waals surface area contributed by atoms with E-state index in [-0.39, 0.29) is 29.8 Å². The molecule has 216 valence electrons. The molecule has 4 aliphatic rings. The summed E-state index contributed by atoms with van der Waals surface area (Å²) in [6.45, 7) is 13.3. The molecule has 1 aromatic heterocycles. The van der Waals surface area contributed by atoms with E-state index in [0.29, 0.717) is 25.1 Å². The number of fused-ring (bicyclic) bond motifs is 4. The Hall–Kier alpha value is -3.24. The number of carbonyl (C=O) groups is 2. The lowest BCUT2D eigenvalue weighted by Gasteiger charge is -2.40. The van der Waals surface area contributed by atoms with Crippen LogP contribution < -0.4 is 5.32 Å². The molecule has 10 nitrogen and oxygen atoms in total. The molecule has 0 radical (unpaired) electrons. The number of ether oxygens (including phenoxy) is 1. The van der Waals surface area contributed by atoms with Crippen molar-refractivity contribution in [3.05, 3.63) is 46.3 Å². The van der Waals surface area contributed by atoms with Gasteiger partial charge in [-0.3, -0.25) is 24.2 Å². The maximum atomic E-state index is 13.8. The SMILES string of the molecule is CC.Cc1cc(CN2CCN(C(=O)c3cc4c(cc3C)NC(=O)C3C=NN(C5CCOCC5)C4C3)CC2)n(C)n1. The van der Waals surface area contributed by atoms with Crippen molar-refractivity contribution in [1.82, 2.24) is 24.6 Å². The minimum atomic E-state index is -0.265. The highest BCUT2D eigenvalue weighted by Gasteiger charge is 2.39. The average Bonchev–Trinajstić information content (AvgIpc) is 3.25. The molecule has 2 aromatic rings. The van der Waals surface area contributed by atoms with Gasteiger partial charge in [-0.1, -0.05) is 13.8 Å². The smallest absolute Gasteiger partial charge is 0.254 e. The molecule has 6 rings (SSSR count). The van der Waals surface area contributed by atoms with Gasteiger partial charge in [0.25, 0.3) is 5.91 Å². The number of aryl methyl sites for hydroxylation is 3. The van der Waals surface area contributed by atoms with E-state index in [1.54, 1.807) is 6.21 Å². The normalized spacial score (nSPS) is 23.2. The molecule has 2 atom stereocenters. The van der Waals surface area contributed by atoms with Crippen molar-refractivity contribution in [2.45, 2.75) is 65.6 Å². The van der Waals surface area contributed by atoms with Crippen LogP contribution in [0.3, 0.4) is 0 Å². The largest absolute Gasteiger partial charge is 0.381 e. The molecule has 40 heavy (non-hydrogen) atoms. The van der Waals surface area contributed by atoms with Crippen LogP contribution in [-0.4, -0.2) is 88.1 Å². The van der Waals surface area contributed by atoms with Crippen molar-refractivity contribution >= 4 is 23.7 Å². The van der Waals surface area contributed by atoms with Crippen molar-refractivity contribution in [3.8, 4) is 0 Å². The molecule has 1 N–H and O–H groups in total. The molecule has 0 saturated carbocycles. The molecule has 5 heterocycles. The number of amides is 2. The summed E-state index contributed by atoms with van der Waals surface area (Å²) in [7, 11) is 1.98. The molecule has 2 unspecified atom stereocenters. The number of hydrazone groups is 1. The topological polar surface area (TPSA) is 95.3 Å². The van der Waals surface area contributed by atoms with Gasteiger partial charge in [0.15, 0.2) is 0 Å². The fourth-order valence-electron chi connectivity index (χ4n) is 6.28. The van der Waals surface area contributed by atoms with E-state index in [0.717, 1.165) is 68.2 Å². The molecule has 4 aliphatic heterocycles. The summed E-state index contributed by atoms with van der Waals surface area (Å²) in [4.78, 5) is 31.0. The van der Waals surface area contributed by atoms with Crippen LogP contribution in [0.2, 0.25) is 0 Å². The Labute approximate surface area is 237 Å². The van der Waals surface area contributed by atoms with Gasteiger partial charge in [0.05, 0.1) is 29.4 Å². The van der Waals surface area contributed by atoms with Crippen LogP contribution in [0.5, 0.6) is 0 Å². The first-order valence-corrected chi connectivity index (χ1v) is 14.7. The lowest BCUT2D eigenvalue weighted by Crippen LogP contribution is -2.48. The van der Waals surface area contributed by atoms with Gasteiger partial charge in [-0.05, 0) is 56.9 Å². The number of nitrogens with zero attached hydrogens (tertiary/aromatic N) is 6.